The van der Waals surface area contributed by atoms with Gasteiger partial charge in [-0.25, -0.2) is 4.98 Å². The molecule has 5 nitrogen and oxygen atoms in total. The quantitative estimate of drug-likeness (QED) is 0.804. The number of rotatable bonds is 1. The van der Waals surface area contributed by atoms with Gasteiger partial charge in [0.15, 0.2) is 0 Å². The summed E-state index contributed by atoms with van der Waals surface area (Å²) in [6, 6.07) is 0.381. The van der Waals surface area contributed by atoms with E-state index < -0.39 is 0 Å². The van der Waals surface area contributed by atoms with Crippen LogP contribution < -0.4 is 5.73 Å². The molecule has 1 fully saturated rings. The van der Waals surface area contributed by atoms with E-state index in [2.05, 4.69) is 9.98 Å². The summed E-state index contributed by atoms with van der Waals surface area (Å²) >= 11 is 0. The summed E-state index contributed by atoms with van der Waals surface area (Å²) in [5.41, 5.74) is 9.02. The van der Waals surface area contributed by atoms with Crippen molar-refractivity contribution < 1.29 is 4.79 Å². The second kappa shape index (κ2) is 3.54. The van der Waals surface area contributed by atoms with E-state index >= 15 is 0 Å². The minimum Gasteiger partial charge on any atom is -0.395 e. The van der Waals surface area contributed by atoms with Gasteiger partial charge >= 0.3 is 0 Å². The smallest absolute Gasteiger partial charge is 0.227 e. The first-order chi connectivity index (χ1) is 8.50. The normalized spacial score (nSPS) is 21.7. The Morgan fingerprint density at radius 1 is 1.39 bits per heavy atom. The molecule has 0 radical (unpaired) electrons. The molecule has 18 heavy (non-hydrogen) atoms. The zero-order chi connectivity index (χ0) is 13.0. The molecule has 2 aliphatic rings. The SMILES string of the molecule is CC1=C(N)C(=O)c2c(nc(C)n2C)C1=NC1CC1. The van der Waals surface area contributed by atoms with Gasteiger partial charge in [0.2, 0.25) is 5.78 Å². The zero-order valence-electron chi connectivity index (χ0n) is 10.8. The molecule has 0 atom stereocenters. The number of hydrogen-bond acceptors (Lipinski definition) is 4. The molecule has 1 heterocycles. The number of aromatic nitrogens is 2. The maximum atomic E-state index is 12.2. The van der Waals surface area contributed by atoms with Crippen molar-refractivity contribution in [2.24, 2.45) is 17.8 Å². The van der Waals surface area contributed by atoms with Crippen molar-refractivity contribution >= 4 is 11.5 Å². The maximum absolute atomic E-state index is 12.2. The van der Waals surface area contributed by atoms with Crippen molar-refractivity contribution in [3.05, 3.63) is 28.5 Å². The van der Waals surface area contributed by atoms with Gasteiger partial charge in [0.05, 0.1) is 17.5 Å². The number of hydrogen-bond donors (Lipinski definition) is 1. The third kappa shape index (κ3) is 1.43. The summed E-state index contributed by atoms with van der Waals surface area (Å²) in [5, 5.41) is 0. The Morgan fingerprint density at radius 3 is 2.67 bits per heavy atom. The van der Waals surface area contributed by atoms with Gasteiger partial charge in [-0.1, -0.05) is 0 Å². The Morgan fingerprint density at radius 2 is 2.06 bits per heavy atom. The molecular formula is C13H16N4O. The fourth-order valence-electron chi connectivity index (χ4n) is 2.18. The molecule has 3 rings (SSSR count). The Hall–Kier alpha value is -1.91. The number of ketones is 1. The van der Waals surface area contributed by atoms with Crippen LogP contribution in [0.3, 0.4) is 0 Å². The standard InChI is InChI=1S/C13H16N4O/c1-6-9(14)13(18)12-11(15-7(2)17(12)3)10(6)16-8-4-5-8/h8H,4-5,14H2,1-3H3. The van der Waals surface area contributed by atoms with Crippen LogP contribution in [-0.4, -0.2) is 27.1 Å². The third-order valence-corrected chi connectivity index (χ3v) is 3.62. The monoisotopic (exact) mass is 244 g/mol. The number of nitrogens with two attached hydrogens (primary N) is 1. The first-order valence-electron chi connectivity index (χ1n) is 6.13. The number of allylic oxidation sites excluding steroid dienone is 2. The maximum Gasteiger partial charge on any atom is 0.227 e. The summed E-state index contributed by atoms with van der Waals surface area (Å²) < 4.78 is 1.79. The van der Waals surface area contributed by atoms with Crippen LogP contribution in [0.15, 0.2) is 16.3 Å². The van der Waals surface area contributed by atoms with Gasteiger partial charge in [0.25, 0.3) is 0 Å². The van der Waals surface area contributed by atoms with Crippen molar-refractivity contribution in [3.63, 3.8) is 0 Å². The number of imidazole rings is 1. The van der Waals surface area contributed by atoms with Crippen LogP contribution in [0.2, 0.25) is 0 Å². The van der Waals surface area contributed by atoms with E-state index in [4.69, 9.17) is 5.73 Å². The number of aryl methyl sites for hydroxylation is 1. The molecule has 0 aliphatic heterocycles. The van der Waals surface area contributed by atoms with Gasteiger partial charge in [-0.3, -0.25) is 9.79 Å². The molecule has 94 valence electrons. The number of carbonyl (C=O) groups is 1. The first-order valence-corrected chi connectivity index (χ1v) is 6.13. The Bertz CT molecular complexity index is 617. The number of Topliss-reactive ketones (excluding diaryl/α,β-unsaturated/α-hetero) is 1. The molecule has 0 aromatic carbocycles. The van der Waals surface area contributed by atoms with Gasteiger partial charge in [-0.2, -0.15) is 0 Å². The summed E-state index contributed by atoms with van der Waals surface area (Å²) in [6.45, 7) is 3.73. The minimum absolute atomic E-state index is 0.139. The summed E-state index contributed by atoms with van der Waals surface area (Å²) in [6.07, 6.45) is 2.23. The number of aliphatic imine (C=N–C) groups is 1. The van der Waals surface area contributed by atoms with Crippen LogP contribution in [0, 0.1) is 6.92 Å². The molecule has 0 bridgehead atoms. The van der Waals surface area contributed by atoms with Gasteiger partial charge < -0.3 is 10.3 Å². The Balaban J connectivity index is 2.26. The van der Waals surface area contributed by atoms with Crippen LogP contribution in [0.5, 0.6) is 0 Å². The number of carbonyl (C=O) groups excluding carboxylic acids is 1. The second-order valence-corrected chi connectivity index (χ2v) is 4.99. The van der Waals surface area contributed by atoms with E-state index in [0.29, 0.717) is 23.1 Å². The van der Waals surface area contributed by atoms with Crippen molar-refractivity contribution in [1.29, 1.82) is 0 Å². The molecule has 5 heteroatoms. The van der Waals surface area contributed by atoms with Crippen LogP contribution in [0.4, 0.5) is 0 Å². The highest BCUT2D eigenvalue weighted by Crippen LogP contribution is 2.29. The number of nitrogens with zero attached hydrogens (tertiary/aromatic N) is 3. The molecule has 0 unspecified atom stereocenters. The highest BCUT2D eigenvalue weighted by atomic mass is 16.1. The first kappa shape index (κ1) is 11.2. The van der Waals surface area contributed by atoms with E-state index in [1.807, 2.05) is 20.9 Å². The lowest BCUT2D eigenvalue weighted by Crippen LogP contribution is -2.27. The molecule has 0 saturated heterocycles. The van der Waals surface area contributed by atoms with E-state index in [-0.39, 0.29) is 5.78 Å². The van der Waals surface area contributed by atoms with Gasteiger partial charge in [0, 0.05) is 12.6 Å². The summed E-state index contributed by atoms with van der Waals surface area (Å²) in [4.78, 5) is 21.3. The van der Waals surface area contributed by atoms with E-state index in [1.54, 1.807) is 4.57 Å². The fraction of sp³-hybridized carbons (Fsp3) is 0.462. The molecule has 2 aliphatic carbocycles. The second-order valence-electron chi connectivity index (χ2n) is 4.99. The van der Waals surface area contributed by atoms with E-state index in [0.717, 1.165) is 30.0 Å². The molecule has 0 amide bonds. The molecule has 1 aromatic heterocycles. The molecule has 0 spiro atoms. The highest BCUT2D eigenvalue weighted by Gasteiger charge is 2.33. The lowest BCUT2D eigenvalue weighted by atomic mass is 9.95. The Labute approximate surface area is 105 Å². The average Bonchev–Trinajstić information content (AvgIpc) is 3.10. The third-order valence-electron chi connectivity index (χ3n) is 3.62. The van der Waals surface area contributed by atoms with Gasteiger partial charge in [0.1, 0.15) is 17.2 Å². The average molecular weight is 244 g/mol. The molecule has 1 saturated carbocycles. The minimum atomic E-state index is -0.139. The van der Waals surface area contributed by atoms with Crippen LogP contribution in [0.1, 0.15) is 41.8 Å². The largest absolute Gasteiger partial charge is 0.395 e. The predicted molar refractivity (Wildman–Crippen MR) is 68.7 cm³/mol. The molecular weight excluding hydrogens is 228 g/mol. The lowest BCUT2D eigenvalue weighted by molar-refractivity contribution is 0.102. The Kier molecular flexibility index (Phi) is 2.20. The van der Waals surface area contributed by atoms with Crippen molar-refractivity contribution in [3.8, 4) is 0 Å². The zero-order valence-corrected chi connectivity index (χ0v) is 10.8. The van der Waals surface area contributed by atoms with Crippen LogP contribution >= 0.6 is 0 Å². The summed E-state index contributed by atoms with van der Waals surface area (Å²) in [7, 11) is 1.84. The van der Waals surface area contributed by atoms with E-state index in [9.17, 15) is 4.79 Å². The predicted octanol–water partition coefficient (Wildman–Crippen LogP) is 1.11. The number of fused-ring (bicyclic) bond motifs is 1. The van der Waals surface area contributed by atoms with Gasteiger partial charge in [-0.05, 0) is 26.7 Å². The van der Waals surface area contributed by atoms with E-state index in [1.165, 1.54) is 0 Å². The van der Waals surface area contributed by atoms with Crippen LogP contribution in [-0.2, 0) is 7.05 Å². The van der Waals surface area contributed by atoms with Gasteiger partial charge in [-0.15, -0.1) is 0 Å². The summed E-state index contributed by atoms with van der Waals surface area (Å²) in [5.74, 6) is 0.666. The highest BCUT2D eigenvalue weighted by molar-refractivity contribution is 6.26. The molecule has 2 N–H and O–H groups in total. The fourth-order valence-corrected chi connectivity index (χ4v) is 2.18. The van der Waals surface area contributed by atoms with Crippen molar-refractivity contribution in [2.75, 3.05) is 0 Å². The van der Waals surface area contributed by atoms with Crippen molar-refractivity contribution in [1.82, 2.24) is 9.55 Å². The van der Waals surface area contributed by atoms with Crippen molar-refractivity contribution in [2.45, 2.75) is 32.7 Å². The van der Waals surface area contributed by atoms with Crippen LogP contribution in [0.25, 0.3) is 0 Å². The molecule has 1 aromatic rings. The lowest BCUT2D eigenvalue weighted by Gasteiger charge is -2.16. The topological polar surface area (TPSA) is 73.3 Å².